The van der Waals surface area contributed by atoms with Crippen LogP contribution in [0.5, 0.6) is 0 Å². The molecule has 0 aliphatic heterocycles. The highest BCUT2D eigenvalue weighted by molar-refractivity contribution is 5.63. The highest BCUT2D eigenvalue weighted by Crippen LogP contribution is 2.27. The minimum absolute atomic E-state index is 0.251. The monoisotopic (exact) mass is 264 g/mol. The number of hydrogen-bond donors (Lipinski definition) is 0. The molecule has 2 aromatic heterocycles. The van der Waals surface area contributed by atoms with Crippen LogP contribution in [0, 0.1) is 25.2 Å². The molecule has 1 aromatic carbocycles. The van der Waals surface area contributed by atoms with Crippen LogP contribution in [0.4, 0.5) is 0 Å². The molecule has 20 heavy (non-hydrogen) atoms. The van der Waals surface area contributed by atoms with Gasteiger partial charge >= 0.3 is 0 Å². The van der Waals surface area contributed by atoms with Gasteiger partial charge in [-0.3, -0.25) is 0 Å². The molecule has 0 amide bonds. The topological polar surface area (TPSA) is 67.6 Å². The van der Waals surface area contributed by atoms with Crippen LogP contribution in [0.2, 0.25) is 0 Å². The van der Waals surface area contributed by atoms with Crippen molar-refractivity contribution < 1.29 is 4.42 Å². The molecule has 2 heterocycles. The maximum Gasteiger partial charge on any atom is 0.194 e. The number of aryl methyl sites for hydroxylation is 2. The lowest BCUT2D eigenvalue weighted by molar-refractivity contribution is 0.576. The van der Waals surface area contributed by atoms with E-state index in [2.05, 4.69) is 16.4 Å². The van der Waals surface area contributed by atoms with E-state index in [0.717, 1.165) is 16.8 Å². The molecular weight excluding hydrogens is 252 g/mol. The van der Waals surface area contributed by atoms with Gasteiger partial charge in [0.25, 0.3) is 0 Å². The predicted octanol–water partition coefficient (Wildman–Crippen LogP) is 3.02. The van der Waals surface area contributed by atoms with E-state index in [1.54, 1.807) is 23.1 Å². The van der Waals surface area contributed by atoms with Gasteiger partial charge < -0.3 is 4.42 Å². The molecule has 0 spiro atoms. The molecule has 5 nitrogen and oxygen atoms in total. The van der Waals surface area contributed by atoms with Crippen molar-refractivity contribution in [2.45, 2.75) is 13.8 Å². The van der Waals surface area contributed by atoms with Gasteiger partial charge in [-0.1, -0.05) is 17.3 Å². The van der Waals surface area contributed by atoms with Crippen molar-refractivity contribution in [3.63, 3.8) is 0 Å². The largest absolute Gasteiger partial charge is 0.463 e. The number of hydrogen-bond acceptors (Lipinski definition) is 4. The van der Waals surface area contributed by atoms with E-state index in [1.165, 1.54) is 0 Å². The summed E-state index contributed by atoms with van der Waals surface area (Å²) in [5.41, 5.74) is 3.89. The number of rotatable bonds is 2. The second kappa shape index (κ2) is 4.67. The predicted molar refractivity (Wildman–Crippen MR) is 73.3 cm³/mol. The number of benzene rings is 1. The Morgan fingerprint density at radius 3 is 2.80 bits per heavy atom. The third kappa shape index (κ3) is 1.88. The Balaban J connectivity index is 2.28. The van der Waals surface area contributed by atoms with E-state index in [4.69, 9.17) is 4.42 Å². The van der Waals surface area contributed by atoms with Crippen molar-refractivity contribution in [1.29, 1.82) is 5.26 Å². The molecule has 0 atom stereocenters. The molecule has 3 rings (SSSR count). The van der Waals surface area contributed by atoms with Crippen LogP contribution in [-0.4, -0.2) is 15.0 Å². The van der Waals surface area contributed by atoms with Crippen LogP contribution >= 0.6 is 0 Å². The fourth-order valence-electron chi connectivity index (χ4n) is 2.11. The van der Waals surface area contributed by atoms with Crippen LogP contribution < -0.4 is 0 Å². The van der Waals surface area contributed by atoms with Crippen molar-refractivity contribution in [3.8, 4) is 23.2 Å². The maximum atomic E-state index is 9.19. The van der Waals surface area contributed by atoms with Crippen LogP contribution in [0.1, 0.15) is 16.8 Å². The number of furan rings is 1. The maximum absolute atomic E-state index is 9.19. The van der Waals surface area contributed by atoms with Crippen LogP contribution in [0.25, 0.3) is 17.1 Å². The van der Waals surface area contributed by atoms with Gasteiger partial charge in [0.1, 0.15) is 11.8 Å². The van der Waals surface area contributed by atoms with Crippen molar-refractivity contribution in [1.82, 2.24) is 15.0 Å². The molecule has 0 radical (unpaired) electrons. The third-order valence-electron chi connectivity index (χ3n) is 3.12. The summed E-state index contributed by atoms with van der Waals surface area (Å²) in [7, 11) is 0. The quantitative estimate of drug-likeness (QED) is 0.713. The second-order valence-corrected chi connectivity index (χ2v) is 4.58. The summed E-state index contributed by atoms with van der Waals surface area (Å²) in [6.45, 7) is 4.01. The molecule has 0 aliphatic carbocycles. The van der Waals surface area contributed by atoms with E-state index in [-0.39, 0.29) is 5.69 Å². The van der Waals surface area contributed by atoms with Gasteiger partial charge in [0.15, 0.2) is 11.5 Å². The summed E-state index contributed by atoms with van der Waals surface area (Å²) in [6, 6.07) is 11.7. The van der Waals surface area contributed by atoms with Crippen molar-refractivity contribution in [2.75, 3.05) is 0 Å². The van der Waals surface area contributed by atoms with Gasteiger partial charge in [-0.25, -0.2) is 4.68 Å². The van der Waals surface area contributed by atoms with Gasteiger partial charge in [0.05, 0.1) is 12.0 Å². The third-order valence-corrected chi connectivity index (χ3v) is 3.12. The van der Waals surface area contributed by atoms with Gasteiger partial charge in [-0.2, -0.15) is 5.26 Å². The lowest BCUT2D eigenvalue weighted by atomic mass is 10.1. The summed E-state index contributed by atoms with van der Waals surface area (Å²) in [5, 5.41) is 17.2. The number of aromatic nitrogens is 3. The summed E-state index contributed by atoms with van der Waals surface area (Å²) >= 11 is 0. The lowest BCUT2D eigenvalue weighted by Gasteiger charge is -2.09. The molecule has 5 heteroatoms. The van der Waals surface area contributed by atoms with E-state index in [9.17, 15) is 5.26 Å². The molecule has 0 bridgehead atoms. The Hall–Kier alpha value is -2.87. The molecule has 0 fully saturated rings. The summed E-state index contributed by atoms with van der Waals surface area (Å²) in [4.78, 5) is 0. The van der Waals surface area contributed by atoms with Gasteiger partial charge in [-0.05, 0) is 43.2 Å². The van der Waals surface area contributed by atoms with Gasteiger partial charge in [0, 0.05) is 0 Å². The molecule has 0 aliphatic rings. The molecule has 3 aromatic rings. The molecule has 0 unspecified atom stereocenters. The first-order chi connectivity index (χ1) is 9.70. The number of nitrogens with zero attached hydrogens (tertiary/aromatic N) is 4. The second-order valence-electron chi connectivity index (χ2n) is 4.58. The van der Waals surface area contributed by atoms with Crippen molar-refractivity contribution >= 4 is 0 Å². The fraction of sp³-hybridized carbons (Fsp3) is 0.133. The number of nitriles is 1. The minimum Gasteiger partial charge on any atom is -0.463 e. The Morgan fingerprint density at radius 2 is 2.10 bits per heavy atom. The van der Waals surface area contributed by atoms with E-state index < -0.39 is 0 Å². The molecule has 0 saturated heterocycles. The van der Waals surface area contributed by atoms with Crippen molar-refractivity contribution in [3.05, 3.63) is 53.4 Å². The van der Waals surface area contributed by atoms with E-state index in [0.29, 0.717) is 11.5 Å². The Kier molecular flexibility index (Phi) is 2.84. The SMILES string of the molecule is Cc1ccc(C)c(-n2nnc(C#N)c2-c2ccco2)c1. The first-order valence-electron chi connectivity index (χ1n) is 6.18. The average molecular weight is 264 g/mol. The van der Waals surface area contributed by atoms with E-state index in [1.807, 2.05) is 32.0 Å². The molecule has 0 saturated carbocycles. The lowest BCUT2D eigenvalue weighted by Crippen LogP contribution is -2.02. The van der Waals surface area contributed by atoms with Crippen LogP contribution in [0.15, 0.2) is 41.0 Å². The summed E-state index contributed by atoms with van der Waals surface area (Å²) < 4.78 is 7.05. The standard InChI is InChI=1S/C15H12N4O/c1-10-5-6-11(2)13(8-10)19-15(12(9-16)17-18-19)14-4-3-7-20-14/h3-8H,1-2H3. The normalized spacial score (nSPS) is 10.4. The smallest absolute Gasteiger partial charge is 0.194 e. The fourth-order valence-corrected chi connectivity index (χ4v) is 2.11. The highest BCUT2D eigenvalue weighted by atomic mass is 16.3. The molecule has 98 valence electrons. The van der Waals surface area contributed by atoms with E-state index >= 15 is 0 Å². The Labute approximate surface area is 116 Å². The summed E-state index contributed by atoms with van der Waals surface area (Å²) in [5.74, 6) is 0.576. The Morgan fingerprint density at radius 1 is 1.25 bits per heavy atom. The average Bonchev–Trinajstić information content (AvgIpc) is 3.08. The van der Waals surface area contributed by atoms with Crippen LogP contribution in [0.3, 0.4) is 0 Å². The Bertz CT molecular complexity index is 794. The summed E-state index contributed by atoms with van der Waals surface area (Å²) in [6.07, 6.45) is 1.57. The zero-order valence-electron chi connectivity index (χ0n) is 11.2. The zero-order chi connectivity index (χ0) is 14.1. The van der Waals surface area contributed by atoms with Crippen LogP contribution in [-0.2, 0) is 0 Å². The first kappa shape index (κ1) is 12.2. The first-order valence-corrected chi connectivity index (χ1v) is 6.18. The molecular formula is C15H12N4O. The van der Waals surface area contributed by atoms with Crippen molar-refractivity contribution in [2.24, 2.45) is 0 Å². The van der Waals surface area contributed by atoms with Gasteiger partial charge in [0.2, 0.25) is 0 Å². The highest BCUT2D eigenvalue weighted by Gasteiger charge is 2.19. The minimum atomic E-state index is 0.251. The molecule has 0 N–H and O–H groups in total. The zero-order valence-corrected chi connectivity index (χ0v) is 11.2. The van der Waals surface area contributed by atoms with Gasteiger partial charge in [-0.15, -0.1) is 5.10 Å².